The third-order valence-electron chi connectivity index (χ3n) is 4.05. The second-order valence-electron chi connectivity index (χ2n) is 4.87. The summed E-state index contributed by atoms with van der Waals surface area (Å²) >= 11 is 0. The third-order valence-corrected chi connectivity index (χ3v) is 4.05. The van der Waals surface area contributed by atoms with Gasteiger partial charge in [0.15, 0.2) is 0 Å². The van der Waals surface area contributed by atoms with Crippen molar-refractivity contribution < 1.29 is 0 Å². The van der Waals surface area contributed by atoms with E-state index in [1.165, 1.54) is 38.0 Å². The van der Waals surface area contributed by atoms with Gasteiger partial charge in [-0.3, -0.25) is 0 Å². The number of piperidine rings is 3. The Morgan fingerprint density at radius 1 is 1.13 bits per heavy atom. The summed E-state index contributed by atoms with van der Waals surface area (Å²) in [7, 11) is 0. The van der Waals surface area contributed by atoms with Crippen LogP contribution in [-0.4, -0.2) is 24.5 Å². The van der Waals surface area contributed by atoms with E-state index in [2.05, 4.69) is 17.0 Å². The number of hydrogen-bond acceptors (Lipinski definition) is 2. The maximum absolute atomic E-state index is 6.06. The zero-order chi connectivity index (χ0) is 10.3. The Balaban J connectivity index is 1.91. The Morgan fingerprint density at radius 2 is 1.87 bits per heavy atom. The fraction of sp³-hybridized carbons (Fsp3) is 0.538. The molecule has 0 saturated carbocycles. The molecule has 3 saturated heterocycles. The molecule has 0 radical (unpaired) electrons. The van der Waals surface area contributed by atoms with Gasteiger partial charge >= 0.3 is 0 Å². The SMILES string of the molecule is Nc1ccccc1C1CN2CCC1CC2. The van der Waals surface area contributed by atoms with Crippen LogP contribution in [-0.2, 0) is 0 Å². The van der Waals surface area contributed by atoms with Crippen molar-refractivity contribution in [2.45, 2.75) is 18.8 Å². The molecule has 1 aromatic carbocycles. The van der Waals surface area contributed by atoms with Crippen LogP contribution in [0.25, 0.3) is 0 Å². The van der Waals surface area contributed by atoms with Gasteiger partial charge in [-0.05, 0) is 43.5 Å². The predicted molar refractivity (Wildman–Crippen MR) is 62.8 cm³/mol. The van der Waals surface area contributed by atoms with Crippen LogP contribution in [0.3, 0.4) is 0 Å². The fourth-order valence-electron chi connectivity index (χ4n) is 3.17. The van der Waals surface area contributed by atoms with E-state index in [0.717, 1.165) is 11.6 Å². The Morgan fingerprint density at radius 3 is 2.47 bits per heavy atom. The maximum atomic E-state index is 6.06. The van der Waals surface area contributed by atoms with Crippen molar-refractivity contribution in [1.82, 2.24) is 4.90 Å². The van der Waals surface area contributed by atoms with Crippen molar-refractivity contribution in [1.29, 1.82) is 0 Å². The number of rotatable bonds is 1. The van der Waals surface area contributed by atoms with Crippen LogP contribution in [0.2, 0.25) is 0 Å². The maximum Gasteiger partial charge on any atom is 0.0350 e. The minimum Gasteiger partial charge on any atom is -0.398 e. The van der Waals surface area contributed by atoms with Crippen molar-refractivity contribution in [2.24, 2.45) is 5.92 Å². The monoisotopic (exact) mass is 202 g/mol. The van der Waals surface area contributed by atoms with Crippen LogP contribution in [0.1, 0.15) is 24.3 Å². The first-order chi connectivity index (χ1) is 7.34. The average molecular weight is 202 g/mol. The molecule has 80 valence electrons. The van der Waals surface area contributed by atoms with E-state index in [0.29, 0.717) is 5.92 Å². The van der Waals surface area contributed by atoms with Crippen LogP contribution in [0.15, 0.2) is 24.3 Å². The van der Waals surface area contributed by atoms with Gasteiger partial charge in [-0.1, -0.05) is 18.2 Å². The van der Waals surface area contributed by atoms with E-state index >= 15 is 0 Å². The first-order valence-electron chi connectivity index (χ1n) is 5.91. The van der Waals surface area contributed by atoms with Gasteiger partial charge in [0.1, 0.15) is 0 Å². The molecular formula is C13H18N2. The van der Waals surface area contributed by atoms with E-state index in [-0.39, 0.29) is 0 Å². The molecule has 15 heavy (non-hydrogen) atoms. The molecule has 2 heteroatoms. The smallest absolute Gasteiger partial charge is 0.0350 e. The van der Waals surface area contributed by atoms with Crippen molar-refractivity contribution >= 4 is 5.69 Å². The van der Waals surface area contributed by atoms with E-state index < -0.39 is 0 Å². The summed E-state index contributed by atoms with van der Waals surface area (Å²) in [5.41, 5.74) is 8.43. The minimum absolute atomic E-state index is 0.689. The summed E-state index contributed by atoms with van der Waals surface area (Å²) in [6.45, 7) is 3.82. The molecule has 3 heterocycles. The molecule has 4 rings (SSSR count). The number of para-hydroxylation sites is 1. The topological polar surface area (TPSA) is 29.3 Å². The summed E-state index contributed by atoms with van der Waals surface area (Å²) in [5, 5.41) is 0. The van der Waals surface area contributed by atoms with Gasteiger partial charge < -0.3 is 10.6 Å². The average Bonchev–Trinajstić information content (AvgIpc) is 2.31. The number of nitrogens with two attached hydrogens (primary N) is 1. The fourth-order valence-corrected chi connectivity index (χ4v) is 3.17. The summed E-state index contributed by atoms with van der Waals surface area (Å²) in [6.07, 6.45) is 2.72. The molecule has 1 aromatic rings. The van der Waals surface area contributed by atoms with E-state index in [4.69, 9.17) is 5.73 Å². The molecule has 0 aliphatic carbocycles. The van der Waals surface area contributed by atoms with Crippen LogP contribution in [0.5, 0.6) is 0 Å². The summed E-state index contributed by atoms with van der Waals surface area (Å²) in [5.74, 6) is 1.56. The van der Waals surface area contributed by atoms with Gasteiger partial charge in [-0.15, -0.1) is 0 Å². The minimum atomic E-state index is 0.689. The highest BCUT2D eigenvalue weighted by Gasteiger charge is 2.35. The molecule has 2 N–H and O–H groups in total. The molecule has 0 aromatic heterocycles. The number of nitrogens with zero attached hydrogens (tertiary/aromatic N) is 1. The zero-order valence-electron chi connectivity index (χ0n) is 9.02. The number of anilines is 1. The van der Waals surface area contributed by atoms with Crippen LogP contribution < -0.4 is 5.73 Å². The Hall–Kier alpha value is -1.02. The lowest BCUT2D eigenvalue weighted by atomic mass is 9.75. The number of benzene rings is 1. The summed E-state index contributed by atoms with van der Waals surface area (Å²) in [4.78, 5) is 2.58. The molecule has 2 nitrogen and oxygen atoms in total. The molecule has 2 bridgehead atoms. The lowest BCUT2D eigenvalue weighted by molar-refractivity contribution is 0.0874. The van der Waals surface area contributed by atoms with Crippen molar-refractivity contribution in [3.05, 3.63) is 29.8 Å². The van der Waals surface area contributed by atoms with Crippen molar-refractivity contribution in [3.8, 4) is 0 Å². The highest BCUT2D eigenvalue weighted by molar-refractivity contribution is 5.49. The molecule has 3 fully saturated rings. The Kier molecular flexibility index (Phi) is 2.17. The first kappa shape index (κ1) is 9.22. The third kappa shape index (κ3) is 1.53. The van der Waals surface area contributed by atoms with E-state index in [9.17, 15) is 0 Å². The predicted octanol–water partition coefficient (Wildman–Crippen LogP) is 2.08. The second-order valence-corrected chi connectivity index (χ2v) is 4.87. The van der Waals surface area contributed by atoms with Crippen LogP contribution in [0.4, 0.5) is 5.69 Å². The molecule has 1 unspecified atom stereocenters. The largest absolute Gasteiger partial charge is 0.398 e. The Bertz CT molecular complexity index is 353. The van der Waals surface area contributed by atoms with Gasteiger partial charge in [0.05, 0.1) is 0 Å². The quantitative estimate of drug-likeness (QED) is 0.706. The lowest BCUT2D eigenvalue weighted by Crippen LogP contribution is -2.46. The van der Waals surface area contributed by atoms with Crippen LogP contribution in [0, 0.1) is 5.92 Å². The van der Waals surface area contributed by atoms with Gasteiger partial charge in [0, 0.05) is 18.2 Å². The van der Waals surface area contributed by atoms with E-state index in [1.807, 2.05) is 12.1 Å². The number of fused-ring (bicyclic) bond motifs is 3. The highest BCUT2D eigenvalue weighted by Crippen LogP contribution is 2.40. The molecule has 0 amide bonds. The number of nitrogen functional groups attached to an aromatic ring is 1. The molecule has 0 spiro atoms. The summed E-state index contributed by atoms with van der Waals surface area (Å²) in [6, 6.07) is 8.39. The molecular weight excluding hydrogens is 184 g/mol. The molecule has 3 aliphatic rings. The van der Waals surface area contributed by atoms with Gasteiger partial charge in [-0.25, -0.2) is 0 Å². The zero-order valence-corrected chi connectivity index (χ0v) is 9.02. The molecule has 1 atom stereocenters. The van der Waals surface area contributed by atoms with Gasteiger partial charge in [0.25, 0.3) is 0 Å². The summed E-state index contributed by atoms with van der Waals surface area (Å²) < 4.78 is 0. The Labute approximate surface area is 91.1 Å². The molecule has 3 aliphatic heterocycles. The standard InChI is InChI=1S/C13H18N2/c14-13-4-2-1-3-11(13)12-9-15-7-5-10(12)6-8-15/h1-4,10,12H,5-9,14H2. The number of hydrogen-bond donors (Lipinski definition) is 1. The van der Waals surface area contributed by atoms with Gasteiger partial charge in [-0.2, -0.15) is 0 Å². The van der Waals surface area contributed by atoms with Gasteiger partial charge in [0.2, 0.25) is 0 Å². The van der Waals surface area contributed by atoms with Crippen molar-refractivity contribution in [2.75, 3.05) is 25.4 Å². The highest BCUT2D eigenvalue weighted by atomic mass is 15.1. The second kappa shape index (κ2) is 3.53. The lowest BCUT2D eigenvalue weighted by Gasteiger charge is -2.45. The first-order valence-corrected chi connectivity index (χ1v) is 5.91. The normalized spacial score (nSPS) is 34.3. The van der Waals surface area contributed by atoms with Crippen molar-refractivity contribution in [3.63, 3.8) is 0 Å². The van der Waals surface area contributed by atoms with Crippen LogP contribution >= 0.6 is 0 Å². The van der Waals surface area contributed by atoms with E-state index in [1.54, 1.807) is 0 Å².